The van der Waals surface area contributed by atoms with Crippen molar-refractivity contribution in [2.45, 2.75) is 13.0 Å². The summed E-state index contributed by atoms with van der Waals surface area (Å²) in [7, 11) is 0. The number of amides is 1. The molecule has 1 aliphatic rings. The van der Waals surface area contributed by atoms with Crippen LogP contribution in [0, 0.1) is 5.82 Å². The van der Waals surface area contributed by atoms with Crippen molar-refractivity contribution in [3.63, 3.8) is 0 Å². The van der Waals surface area contributed by atoms with Crippen molar-refractivity contribution in [2.75, 3.05) is 10.6 Å². The highest BCUT2D eigenvalue weighted by molar-refractivity contribution is 6.05. The van der Waals surface area contributed by atoms with Gasteiger partial charge in [0, 0.05) is 11.4 Å². The molecule has 7 nitrogen and oxygen atoms in total. The van der Waals surface area contributed by atoms with Gasteiger partial charge in [-0.1, -0.05) is 35.4 Å². The number of carbonyl (C=O) groups excluding carboxylic acids is 1. The lowest BCUT2D eigenvalue weighted by Crippen LogP contribution is -2.31. The van der Waals surface area contributed by atoms with Crippen LogP contribution in [-0.4, -0.2) is 26.1 Å². The molecule has 0 aliphatic carbocycles. The lowest BCUT2D eigenvalue weighted by molar-refractivity contribution is -0.113. The maximum absolute atomic E-state index is 13.4. The Bertz CT molecular complexity index is 980. The summed E-state index contributed by atoms with van der Waals surface area (Å²) in [6.45, 7) is 1.79. The standard InChI is InChI=1S/C18H15FN6O/c1-11-15(17(26)21-14-5-3-2-4-6-14)16(12-7-9-13(19)10-8-12)25-18(20-11)22-23-24-25/h2-10,16H,1H3,(H,21,26)(H,20,22,24)/t16-/m0/s1. The van der Waals surface area contributed by atoms with Crippen molar-refractivity contribution in [2.24, 2.45) is 0 Å². The number of para-hydroxylation sites is 1. The van der Waals surface area contributed by atoms with E-state index in [1.54, 1.807) is 31.2 Å². The smallest absolute Gasteiger partial charge is 0.255 e. The predicted octanol–water partition coefficient (Wildman–Crippen LogP) is 2.74. The van der Waals surface area contributed by atoms with E-state index in [9.17, 15) is 9.18 Å². The molecular weight excluding hydrogens is 335 g/mol. The zero-order chi connectivity index (χ0) is 18.1. The van der Waals surface area contributed by atoms with Gasteiger partial charge >= 0.3 is 0 Å². The topological polar surface area (TPSA) is 84.7 Å². The average Bonchev–Trinajstić information content (AvgIpc) is 3.10. The Morgan fingerprint density at radius 3 is 2.62 bits per heavy atom. The number of carbonyl (C=O) groups is 1. The number of hydrogen-bond donors (Lipinski definition) is 2. The highest BCUT2D eigenvalue weighted by Gasteiger charge is 2.34. The van der Waals surface area contributed by atoms with Crippen molar-refractivity contribution in [3.05, 3.63) is 77.2 Å². The Morgan fingerprint density at radius 2 is 1.88 bits per heavy atom. The van der Waals surface area contributed by atoms with Crippen molar-refractivity contribution in [3.8, 4) is 0 Å². The van der Waals surface area contributed by atoms with Gasteiger partial charge in [0.1, 0.15) is 11.9 Å². The molecule has 0 bridgehead atoms. The Balaban J connectivity index is 1.77. The highest BCUT2D eigenvalue weighted by Crippen LogP contribution is 2.34. The van der Waals surface area contributed by atoms with E-state index >= 15 is 0 Å². The summed E-state index contributed by atoms with van der Waals surface area (Å²) in [5.74, 6) is -0.208. The van der Waals surface area contributed by atoms with Crippen LogP contribution in [0.4, 0.5) is 16.0 Å². The van der Waals surface area contributed by atoms with Crippen LogP contribution in [-0.2, 0) is 4.79 Å². The zero-order valence-corrected chi connectivity index (χ0v) is 13.8. The molecule has 8 heteroatoms. The van der Waals surface area contributed by atoms with Crippen molar-refractivity contribution < 1.29 is 9.18 Å². The summed E-state index contributed by atoms with van der Waals surface area (Å²) in [6, 6.07) is 14.5. The second kappa shape index (κ2) is 6.40. The van der Waals surface area contributed by atoms with Crippen molar-refractivity contribution in [1.82, 2.24) is 20.2 Å². The number of rotatable bonds is 3. The van der Waals surface area contributed by atoms with Crippen LogP contribution < -0.4 is 10.6 Å². The first-order valence-electron chi connectivity index (χ1n) is 8.01. The molecule has 0 fully saturated rings. The van der Waals surface area contributed by atoms with Crippen LogP contribution in [0.2, 0.25) is 0 Å². The van der Waals surface area contributed by atoms with Crippen LogP contribution >= 0.6 is 0 Å². The predicted molar refractivity (Wildman–Crippen MR) is 93.8 cm³/mol. The molecule has 2 N–H and O–H groups in total. The third kappa shape index (κ3) is 2.81. The molecular formula is C18H15FN6O. The van der Waals surface area contributed by atoms with Gasteiger partial charge in [-0.3, -0.25) is 4.79 Å². The van der Waals surface area contributed by atoms with Crippen LogP contribution in [0.5, 0.6) is 0 Å². The Kier molecular flexibility index (Phi) is 3.92. The normalized spacial score (nSPS) is 16.0. The fourth-order valence-electron chi connectivity index (χ4n) is 2.98. The van der Waals surface area contributed by atoms with E-state index in [2.05, 4.69) is 26.2 Å². The van der Waals surface area contributed by atoms with Crippen molar-refractivity contribution >= 4 is 17.5 Å². The zero-order valence-electron chi connectivity index (χ0n) is 13.8. The number of halogens is 1. The molecule has 2 aromatic carbocycles. The largest absolute Gasteiger partial charge is 0.326 e. The molecule has 2 heterocycles. The number of tetrazole rings is 1. The van der Waals surface area contributed by atoms with E-state index in [0.717, 1.165) is 0 Å². The van der Waals surface area contributed by atoms with Gasteiger partial charge in [-0.15, -0.1) is 0 Å². The van der Waals surface area contributed by atoms with Crippen LogP contribution in [0.15, 0.2) is 65.9 Å². The monoisotopic (exact) mass is 350 g/mol. The Labute approximate surface area is 148 Å². The molecule has 0 spiro atoms. The summed E-state index contributed by atoms with van der Waals surface area (Å²) in [5, 5.41) is 17.5. The molecule has 130 valence electrons. The maximum atomic E-state index is 13.4. The summed E-state index contributed by atoms with van der Waals surface area (Å²) < 4.78 is 14.9. The number of allylic oxidation sites excluding steroid dienone is 1. The van der Waals surface area contributed by atoms with E-state index in [1.165, 1.54) is 16.8 Å². The minimum Gasteiger partial charge on any atom is -0.326 e. The molecule has 1 aliphatic heterocycles. The third-order valence-electron chi connectivity index (χ3n) is 4.18. The summed E-state index contributed by atoms with van der Waals surface area (Å²) in [4.78, 5) is 13.0. The molecule has 4 rings (SSSR count). The quantitative estimate of drug-likeness (QED) is 0.759. The van der Waals surface area contributed by atoms with Gasteiger partial charge in [-0.25, -0.2) is 4.39 Å². The molecule has 3 aromatic rings. The van der Waals surface area contributed by atoms with E-state index in [0.29, 0.717) is 28.5 Å². The second-order valence-corrected chi connectivity index (χ2v) is 5.88. The van der Waals surface area contributed by atoms with Crippen molar-refractivity contribution in [1.29, 1.82) is 0 Å². The molecule has 0 saturated carbocycles. The maximum Gasteiger partial charge on any atom is 0.255 e. The van der Waals surface area contributed by atoms with Gasteiger partial charge in [-0.05, 0) is 47.2 Å². The summed E-state index contributed by atoms with van der Waals surface area (Å²) in [5.41, 5.74) is 2.48. The lowest BCUT2D eigenvalue weighted by atomic mass is 9.95. The summed E-state index contributed by atoms with van der Waals surface area (Å²) in [6.07, 6.45) is 0. The van der Waals surface area contributed by atoms with Gasteiger partial charge in [0.2, 0.25) is 5.95 Å². The second-order valence-electron chi connectivity index (χ2n) is 5.88. The average molecular weight is 350 g/mol. The van der Waals surface area contributed by atoms with Gasteiger partial charge < -0.3 is 10.6 Å². The number of nitrogens with one attached hydrogen (secondary N) is 2. The fourth-order valence-corrected chi connectivity index (χ4v) is 2.98. The summed E-state index contributed by atoms with van der Waals surface area (Å²) >= 11 is 0. The van der Waals surface area contributed by atoms with Gasteiger partial charge in [0.05, 0.1) is 5.57 Å². The number of nitrogens with zero attached hydrogens (tertiary/aromatic N) is 4. The molecule has 0 radical (unpaired) electrons. The molecule has 1 aromatic heterocycles. The van der Waals surface area contributed by atoms with Crippen LogP contribution in [0.3, 0.4) is 0 Å². The Morgan fingerprint density at radius 1 is 1.15 bits per heavy atom. The molecule has 0 unspecified atom stereocenters. The number of benzene rings is 2. The van der Waals surface area contributed by atoms with Gasteiger partial charge in [0.15, 0.2) is 0 Å². The van der Waals surface area contributed by atoms with Crippen LogP contribution in [0.1, 0.15) is 18.5 Å². The first-order valence-corrected chi connectivity index (χ1v) is 8.01. The Hall–Kier alpha value is -3.55. The molecule has 26 heavy (non-hydrogen) atoms. The minimum absolute atomic E-state index is 0.281. The number of anilines is 2. The number of fused-ring (bicyclic) bond motifs is 1. The first-order chi connectivity index (χ1) is 12.6. The van der Waals surface area contributed by atoms with Gasteiger partial charge in [0.25, 0.3) is 5.91 Å². The number of aromatic nitrogens is 4. The van der Waals surface area contributed by atoms with Crippen LogP contribution in [0.25, 0.3) is 0 Å². The number of hydrogen-bond acceptors (Lipinski definition) is 5. The van der Waals surface area contributed by atoms with E-state index in [4.69, 9.17) is 0 Å². The fraction of sp³-hybridized carbons (Fsp3) is 0.111. The lowest BCUT2D eigenvalue weighted by Gasteiger charge is -2.28. The first kappa shape index (κ1) is 15.9. The molecule has 1 amide bonds. The van der Waals surface area contributed by atoms with Gasteiger partial charge in [-0.2, -0.15) is 4.68 Å². The highest BCUT2D eigenvalue weighted by atomic mass is 19.1. The van der Waals surface area contributed by atoms with E-state index in [-0.39, 0.29) is 11.7 Å². The van der Waals surface area contributed by atoms with E-state index in [1.807, 2.05) is 18.2 Å². The van der Waals surface area contributed by atoms with E-state index < -0.39 is 6.04 Å². The minimum atomic E-state index is -0.564. The third-order valence-corrected chi connectivity index (χ3v) is 4.18. The molecule has 0 saturated heterocycles. The molecule has 1 atom stereocenters. The SMILES string of the molecule is CC1=C(C(=O)Nc2ccccc2)[C@H](c2ccc(F)cc2)n2nnnc2N1.